The van der Waals surface area contributed by atoms with Crippen molar-refractivity contribution in [2.24, 2.45) is 12.8 Å². The highest BCUT2D eigenvalue weighted by molar-refractivity contribution is 5.97. The average molecular weight is 336 g/mol. The van der Waals surface area contributed by atoms with Crippen molar-refractivity contribution in [2.45, 2.75) is 6.04 Å². The van der Waals surface area contributed by atoms with Crippen molar-refractivity contribution in [3.63, 3.8) is 0 Å². The molecule has 0 spiro atoms. The molecule has 2 aromatic rings. The van der Waals surface area contributed by atoms with Crippen LogP contribution >= 0.6 is 0 Å². The highest BCUT2D eigenvalue weighted by atomic mass is 19.1. The van der Waals surface area contributed by atoms with Crippen molar-refractivity contribution < 1.29 is 18.7 Å². The summed E-state index contributed by atoms with van der Waals surface area (Å²) in [4.78, 5) is 12.6. The second kappa shape index (κ2) is 8.42. The van der Waals surface area contributed by atoms with E-state index in [1.807, 2.05) is 0 Å². The van der Waals surface area contributed by atoms with Gasteiger partial charge in [0.1, 0.15) is 18.2 Å². The summed E-state index contributed by atoms with van der Waals surface area (Å²) in [5.41, 5.74) is 6.28. The zero-order valence-electron chi connectivity index (χ0n) is 13.7. The lowest BCUT2D eigenvalue weighted by molar-refractivity contribution is 0.0888. The van der Waals surface area contributed by atoms with Crippen LogP contribution in [0.25, 0.3) is 0 Å². The third-order valence-corrected chi connectivity index (χ3v) is 3.42. The van der Waals surface area contributed by atoms with Gasteiger partial charge in [-0.2, -0.15) is 5.10 Å². The molecule has 1 amide bonds. The number of ether oxygens (including phenoxy) is 2. The van der Waals surface area contributed by atoms with E-state index in [0.29, 0.717) is 6.54 Å². The molecule has 1 aromatic heterocycles. The molecule has 3 N–H and O–H groups in total. The molecule has 0 saturated carbocycles. The third kappa shape index (κ3) is 4.30. The van der Waals surface area contributed by atoms with Crippen LogP contribution in [0.2, 0.25) is 0 Å². The van der Waals surface area contributed by atoms with Gasteiger partial charge in [0.05, 0.1) is 23.9 Å². The normalized spacial score (nSPS) is 12.0. The van der Waals surface area contributed by atoms with E-state index < -0.39 is 17.8 Å². The molecule has 8 heteroatoms. The van der Waals surface area contributed by atoms with Crippen LogP contribution in [0.1, 0.15) is 22.1 Å². The minimum atomic E-state index is -0.524. The number of rotatable bonds is 8. The van der Waals surface area contributed by atoms with Gasteiger partial charge in [-0.25, -0.2) is 4.39 Å². The third-order valence-electron chi connectivity index (χ3n) is 3.42. The van der Waals surface area contributed by atoms with Crippen LogP contribution in [0.5, 0.6) is 5.75 Å². The lowest BCUT2D eigenvalue weighted by atomic mass is 10.1. The van der Waals surface area contributed by atoms with Crippen molar-refractivity contribution in [1.29, 1.82) is 0 Å². The van der Waals surface area contributed by atoms with Gasteiger partial charge in [0.25, 0.3) is 5.91 Å². The fourth-order valence-corrected chi connectivity index (χ4v) is 2.30. The van der Waals surface area contributed by atoms with E-state index in [-0.39, 0.29) is 24.5 Å². The Morgan fingerprint density at radius 3 is 2.88 bits per heavy atom. The van der Waals surface area contributed by atoms with Gasteiger partial charge in [0.15, 0.2) is 0 Å². The summed E-state index contributed by atoms with van der Waals surface area (Å²) in [5, 5.41) is 6.90. The molecule has 2 rings (SSSR count). The molecule has 0 bridgehead atoms. The summed E-state index contributed by atoms with van der Waals surface area (Å²) in [6, 6.07) is 5.13. The first-order valence-corrected chi connectivity index (χ1v) is 7.47. The van der Waals surface area contributed by atoms with Crippen molar-refractivity contribution in [3.8, 4) is 5.75 Å². The number of carbonyl (C=O) groups is 1. The lowest BCUT2D eigenvalue weighted by Crippen LogP contribution is -2.33. The van der Waals surface area contributed by atoms with Crippen molar-refractivity contribution >= 4 is 5.91 Å². The van der Waals surface area contributed by atoms with E-state index in [4.69, 9.17) is 15.2 Å². The Kier molecular flexibility index (Phi) is 6.28. The van der Waals surface area contributed by atoms with Gasteiger partial charge in [-0.15, -0.1) is 0 Å². The topological polar surface area (TPSA) is 91.4 Å². The quantitative estimate of drug-likeness (QED) is 0.751. The Morgan fingerprint density at radius 2 is 2.25 bits per heavy atom. The summed E-state index contributed by atoms with van der Waals surface area (Å²) >= 11 is 0. The van der Waals surface area contributed by atoms with Crippen molar-refractivity contribution in [2.75, 3.05) is 26.9 Å². The lowest BCUT2D eigenvalue weighted by Gasteiger charge is -2.19. The number of hydrogen-bond donors (Lipinski definition) is 2. The molecule has 0 aliphatic carbocycles. The number of benzene rings is 1. The van der Waals surface area contributed by atoms with Gasteiger partial charge in [-0.3, -0.25) is 9.48 Å². The minimum Gasteiger partial charge on any atom is -0.491 e. The Hall–Kier alpha value is -2.45. The number of nitrogens with zero attached hydrogens (tertiary/aromatic N) is 2. The molecule has 24 heavy (non-hydrogen) atoms. The predicted molar refractivity (Wildman–Crippen MR) is 86.2 cm³/mol. The molecule has 0 saturated heterocycles. The number of hydrogen-bond acceptors (Lipinski definition) is 5. The molecule has 1 heterocycles. The number of carbonyl (C=O) groups excluding carboxylic acids is 1. The molecule has 7 nitrogen and oxygen atoms in total. The van der Waals surface area contributed by atoms with Gasteiger partial charge in [-0.1, -0.05) is 0 Å². The summed E-state index contributed by atoms with van der Waals surface area (Å²) in [7, 11) is 3.30. The first-order chi connectivity index (χ1) is 11.6. The average Bonchev–Trinajstić information content (AvgIpc) is 2.99. The molecular weight excluding hydrogens is 315 g/mol. The monoisotopic (exact) mass is 336 g/mol. The molecular formula is C16H21FN4O3. The molecule has 1 atom stereocenters. The molecule has 0 aliphatic rings. The SMILES string of the molecule is COCC(NC(=O)c1cc(F)ccc1OCCN)c1ccnn1C. The minimum absolute atomic E-state index is 0.103. The molecule has 0 radical (unpaired) electrons. The first kappa shape index (κ1) is 17.9. The van der Waals surface area contributed by atoms with E-state index in [0.717, 1.165) is 11.8 Å². The number of nitrogens with one attached hydrogen (secondary N) is 1. The molecule has 1 unspecified atom stereocenters. The van der Waals surface area contributed by atoms with Crippen LogP contribution in [0.15, 0.2) is 30.5 Å². The van der Waals surface area contributed by atoms with Crippen LogP contribution in [0.4, 0.5) is 4.39 Å². The summed E-state index contributed by atoms with van der Waals surface area (Å²) in [6.45, 7) is 0.772. The summed E-state index contributed by atoms with van der Waals surface area (Å²) in [6.07, 6.45) is 1.63. The van der Waals surface area contributed by atoms with E-state index in [2.05, 4.69) is 10.4 Å². The second-order valence-electron chi connectivity index (χ2n) is 5.14. The van der Waals surface area contributed by atoms with E-state index >= 15 is 0 Å². The maximum atomic E-state index is 13.6. The number of nitrogens with two attached hydrogens (primary N) is 1. The zero-order valence-corrected chi connectivity index (χ0v) is 13.7. The number of aromatic nitrogens is 2. The zero-order chi connectivity index (χ0) is 17.5. The fraction of sp³-hybridized carbons (Fsp3) is 0.375. The highest BCUT2D eigenvalue weighted by Crippen LogP contribution is 2.21. The van der Waals surface area contributed by atoms with Crippen LogP contribution in [-0.2, 0) is 11.8 Å². The summed E-state index contributed by atoms with van der Waals surface area (Å²) < 4.78 is 25.8. The van der Waals surface area contributed by atoms with Crippen LogP contribution in [-0.4, -0.2) is 42.6 Å². The van der Waals surface area contributed by atoms with Gasteiger partial charge in [-0.05, 0) is 24.3 Å². The predicted octanol–water partition coefficient (Wildman–Crippen LogP) is 1.01. The van der Waals surface area contributed by atoms with Gasteiger partial charge in [0, 0.05) is 26.9 Å². The number of halogens is 1. The Bertz CT molecular complexity index is 690. The van der Waals surface area contributed by atoms with Crippen LogP contribution in [0, 0.1) is 5.82 Å². The second-order valence-corrected chi connectivity index (χ2v) is 5.14. The van der Waals surface area contributed by atoms with E-state index in [1.54, 1.807) is 24.0 Å². The van der Waals surface area contributed by atoms with Crippen LogP contribution in [0.3, 0.4) is 0 Å². The van der Waals surface area contributed by atoms with E-state index in [9.17, 15) is 9.18 Å². The van der Waals surface area contributed by atoms with Gasteiger partial charge < -0.3 is 20.5 Å². The van der Waals surface area contributed by atoms with Crippen molar-refractivity contribution in [1.82, 2.24) is 15.1 Å². The Balaban J connectivity index is 2.23. The molecule has 1 aromatic carbocycles. The molecule has 130 valence electrons. The van der Waals surface area contributed by atoms with Gasteiger partial charge in [0.2, 0.25) is 0 Å². The first-order valence-electron chi connectivity index (χ1n) is 7.47. The Labute approximate surface area is 139 Å². The molecule has 0 fully saturated rings. The fourth-order valence-electron chi connectivity index (χ4n) is 2.30. The Morgan fingerprint density at radius 1 is 1.46 bits per heavy atom. The van der Waals surface area contributed by atoms with Gasteiger partial charge >= 0.3 is 0 Å². The maximum Gasteiger partial charge on any atom is 0.255 e. The highest BCUT2D eigenvalue weighted by Gasteiger charge is 2.21. The number of methoxy groups -OCH3 is 1. The smallest absolute Gasteiger partial charge is 0.255 e. The standard InChI is InChI=1S/C16H21FN4O3/c1-21-14(5-7-19-21)13(10-23-2)20-16(22)12-9-11(17)3-4-15(12)24-8-6-18/h3-5,7,9,13H,6,8,10,18H2,1-2H3,(H,20,22). The largest absolute Gasteiger partial charge is 0.491 e. The number of aryl methyl sites for hydroxylation is 1. The summed E-state index contributed by atoms with van der Waals surface area (Å²) in [5.74, 6) is -0.714. The van der Waals surface area contributed by atoms with E-state index in [1.165, 1.54) is 19.2 Å². The van der Waals surface area contributed by atoms with Crippen LogP contribution < -0.4 is 15.8 Å². The number of amides is 1. The molecule has 0 aliphatic heterocycles. The maximum absolute atomic E-state index is 13.6. The van der Waals surface area contributed by atoms with Crippen molar-refractivity contribution in [3.05, 3.63) is 47.5 Å².